The zero-order chi connectivity index (χ0) is 8.81. The topological polar surface area (TPSA) is 56.0 Å². The lowest BCUT2D eigenvalue weighted by molar-refractivity contribution is -0.112. The molecule has 0 radical (unpaired) electrons. The normalized spacial score (nSPS) is 8.33. The van der Waals surface area contributed by atoms with E-state index in [-0.39, 0.29) is 0 Å². The summed E-state index contributed by atoms with van der Waals surface area (Å²) >= 11 is 0. The highest BCUT2D eigenvalue weighted by Crippen LogP contribution is 1.94. The first-order valence-corrected chi connectivity index (χ1v) is 3.46. The fraction of sp³-hybridized carbons (Fsp3) is 0.111. The number of carbonyl (C=O) groups is 1. The second-order valence-corrected chi connectivity index (χ2v) is 2.20. The minimum Gasteiger partial charge on any atom is -0.359 e. The van der Waals surface area contributed by atoms with E-state index in [4.69, 9.17) is 5.73 Å². The van der Waals surface area contributed by atoms with Crippen LogP contribution in [0.15, 0.2) is 24.5 Å². The number of nitrogens with two attached hydrogens (primary N) is 1. The highest BCUT2D eigenvalue weighted by atomic mass is 16.1. The summed E-state index contributed by atoms with van der Waals surface area (Å²) in [6, 6.07) is 3.71. The molecule has 0 saturated heterocycles. The smallest absolute Gasteiger partial charge is 0.293 e. The molecule has 0 aliphatic heterocycles. The summed E-state index contributed by atoms with van der Waals surface area (Å²) in [5.41, 5.74) is 5.81. The maximum absolute atomic E-state index is 10.2. The highest BCUT2D eigenvalue weighted by Gasteiger charge is 1.86. The van der Waals surface area contributed by atoms with E-state index in [0.29, 0.717) is 6.42 Å². The zero-order valence-electron chi connectivity index (χ0n) is 6.45. The molecule has 1 rings (SSSR count). The van der Waals surface area contributed by atoms with Crippen molar-refractivity contribution in [3.8, 4) is 11.8 Å². The summed E-state index contributed by atoms with van der Waals surface area (Å²) in [5, 5.41) is 0. The number of nitrogens with zero attached hydrogens (tertiary/aromatic N) is 1. The van der Waals surface area contributed by atoms with Gasteiger partial charge in [-0.15, -0.1) is 0 Å². The maximum Gasteiger partial charge on any atom is 0.293 e. The molecule has 0 atom stereocenters. The predicted octanol–water partition coefficient (Wildman–Crippen LogP) is 0.113. The fourth-order valence-electron chi connectivity index (χ4n) is 0.736. The van der Waals surface area contributed by atoms with Crippen molar-refractivity contribution >= 4 is 5.91 Å². The molecule has 0 bridgehead atoms. The van der Waals surface area contributed by atoms with Gasteiger partial charge in [0.05, 0.1) is 0 Å². The van der Waals surface area contributed by atoms with Crippen LogP contribution in [0.4, 0.5) is 0 Å². The molecular weight excluding hydrogens is 152 g/mol. The Morgan fingerprint density at radius 1 is 1.67 bits per heavy atom. The van der Waals surface area contributed by atoms with Crippen LogP contribution >= 0.6 is 0 Å². The molecule has 1 aromatic heterocycles. The Bertz CT molecular complexity index is 321. The number of hydrogen-bond acceptors (Lipinski definition) is 2. The standard InChI is InChI=1S/C9H8N2O/c10-9(12)5-1-3-8-4-2-6-11-7-8/h2,4,6-7H,3H2,(H2,10,12). The summed E-state index contributed by atoms with van der Waals surface area (Å²) < 4.78 is 0. The van der Waals surface area contributed by atoms with Gasteiger partial charge in [0.2, 0.25) is 0 Å². The molecule has 0 unspecified atom stereocenters. The van der Waals surface area contributed by atoms with Crippen molar-refractivity contribution in [3.05, 3.63) is 30.1 Å². The van der Waals surface area contributed by atoms with E-state index in [1.165, 1.54) is 0 Å². The van der Waals surface area contributed by atoms with Gasteiger partial charge in [0.15, 0.2) is 0 Å². The van der Waals surface area contributed by atoms with Gasteiger partial charge in [0.1, 0.15) is 0 Å². The molecule has 0 spiro atoms. The van der Waals surface area contributed by atoms with Gasteiger partial charge in [-0.25, -0.2) is 0 Å². The molecule has 1 amide bonds. The number of carbonyl (C=O) groups excluding carboxylic acids is 1. The molecule has 0 aliphatic carbocycles. The molecule has 0 aromatic carbocycles. The van der Waals surface area contributed by atoms with Gasteiger partial charge in [-0.2, -0.15) is 0 Å². The Hall–Kier alpha value is -1.82. The average molecular weight is 160 g/mol. The summed E-state index contributed by atoms with van der Waals surface area (Å²) in [4.78, 5) is 14.1. The molecule has 1 heterocycles. The first kappa shape index (κ1) is 8.28. The van der Waals surface area contributed by atoms with Crippen LogP contribution in [0.3, 0.4) is 0 Å². The Balaban J connectivity index is 2.56. The average Bonchev–Trinajstić information content (AvgIpc) is 2.05. The van der Waals surface area contributed by atoms with Crippen LogP contribution in [0.1, 0.15) is 5.56 Å². The summed E-state index contributed by atoms with van der Waals surface area (Å²) in [7, 11) is 0. The minimum absolute atomic E-state index is 0.511. The van der Waals surface area contributed by atoms with Crippen molar-refractivity contribution in [1.29, 1.82) is 0 Å². The van der Waals surface area contributed by atoms with Gasteiger partial charge in [-0.1, -0.05) is 12.0 Å². The molecule has 2 N–H and O–H groups in total. The largest absolute Gasteiger partial charge is 0.359 e. The molecule has 12 heavy (non-hydrogen) atoms. The number of aromatic nitrogens is 1. The van der Waals surface area contributed by atoms with Crippen LogP contribution in [0.25, 0.3) is 0 Å². The monoisotopic (exact) mass is 160 g/mol. The first-order valence-electron chi connectivity index (χ1n) is 3.46. The number of hydrogen-bond donors (Lipinski definition) is 1. The van der Waals surface area contributed by atoms with E-state index >= 15 is 0 Å². The Morgan fingerprint density at radius 3 is 3.08 bits per heavy atom. The highest BCUT2D eigenvalue weighted by molar-refractivity contribution is 5.91. The number of primary amides is 1. The molecule has 0 fully saturated rings. The van der Waals surface area contributed by atoms with Crippen molar-refractivity contribution in [2.75, 3.05) is 0 Å². The quantitative estimate of drug-likeness (QED) is 0.593. The van der Waals surface area contributed by atoms with E-state index in [9.17, 15) is 4.79 Å². The van der Waals surface area contributed by atoms with Crippen molar-refractivity contribution in [3.63, 3.8) is 0 Å². The lowest BCUT2D eigenvalue weighted by Gasteiger charge is -1.89. The molecule has 1 aromatic rings. The second kappa shape index (κ2) is 4.14. The summed E-state index contributed by atoms with van der Waals surface area (Å²) in [6.07, 6.45) is 3.90. The number of pyridine rings is 1. The van der Waals surface area contributed by atoms with Gasteiger partial charge < -0.3 is 5.73 Å². The van der Waals surface area contributed by atoms with Crippen LogP contribution in [0, 0.1) is 11.8 Å². The number of amides is 1. The van der Waals surface area contributed by atoms with Gasteiger partial charge in [-0.3, -0.25) is 9.78 Å². The Labute approximate surface area is 70.6 Å². The van der Waals surface area contributed by atoms with E-state index in [2.05, 4.69) is 16.8 Å². The third-order valence-corrected chi connectivity index (χ3v) is 1.23. The van der Waals surface area contributed by atoms with Crippen molar-refractivity contribution < 1.29 is 4.79 Å². The molecule has 0 aliphatic rings. The molecule has 3 nitrogen and oxygen atoms in total. The summed E-state index contributed by atoms with van der Waals surface area (Å²) in [5.74, 6) is 4.29. The number of rotatable bonds is 1. The third-order valence-electron chi connectivity index (χ3n) is 1.23. The molecule has 3 heteroatoms. The second-order valence-electron chi connectivity index (χ2n) is 2.20. The van der Waals surface area contributed by atoms with Crippen LogP contribution in [0.2, 0.25) is 0 Å². The van der Waals surface area contributed by atoms with Gasteiger partial charge >= 0.3 is 0 Å². The van der Waals surface area contributed by atoms with E-state index in [1.54, 1.807) is 12.4 Å². The zero-order valence-corrected chi connectivity index (χ0v) is 6.45. The lowest BCUT2D eigenvalue weighted by Crippen LogP contribution is -2.06. The van der Waals surface area contributed by atoms with Gasteiger partial charge in [0, 0.05) is 18.8 Å². The van der Waals surface area contributed by atoms with E-state index in [0.717, 1.165) is 5.56 Å². The summed E-state index contributed by atoms with van der Waals surface area (Å²) in [6.45, 7) is 0. The Morgan fingerprint density at radius 2 is 2.50 bits per heavy atom. The van der Waals surface area contributed by atoms with Gasteiger partial charge in [-0.05, 0) is 17.6 Å². The van der Waals surface area contributed by atoms with Crippen molar-refractivity contribution in [2.45, 2.75) is 6.42 Å². The van der Waals surface area contributed by atoms with Crippen LogP contribution in [0.5, 0.6) is 0 Å². The lowest BCUT2D eigenvalue weighted by atomic mass is 10.2. The maximum atomic E-state index is 10.2. The molecular formula is C9H8N2O. The first-order chi connectivity index (χ1) is 5.79. The Kier molecular flexibility index (Phi) is 2.86. The molecule has 60 valence electrons. The predicted molar refractivity (Wildman–Crippen MR) is 44.9 cm³/mol. The SMILES string of the molecule is NC(=O)C#CCc1cccnc1. The van der Waals surface area contributed by atoms with E-state index in [1.807, 2.05) is 12.1 Å². The van der Waals surface area contributed by atoms with Crippen LogP contribution in [-0.4, -0.2) is 10.9 Å². The van der Waals surface area contributed by atoms with E-state index < -0.39 is 5.91 Å². The minimum atomic E-state index is -0.598. The molecule has 0 saturated carbocycles. The van der Waals surface area contributed by atoms with Crippen molar-refractivity contribution in [1.82, 2.24) is 4.98 Å². The van der Waals surface area contributed by atoms with Crippen LogP contribution in [-0.2, 0) is 11.2 Å². The van der Waals surface area contributed by atoms with Gasteiger partial charge in [0.25, 0.3) is 5.91 Å². The van der Waals surface area contributed by atoms with Crippen molar-refractivity contribution in [2.24, 2.45) is 5.73 Å². The van der Waals surface area contributed by atoms with Crippen LogP contribution < -0.4 is 5.73 Å². The third kappa shape index (κ3) is 2.84. The fourth-order valence-corrected chi connectivity index (χ4v) is 0.736.